The number of carbonyl (C=O) groups excluding carboxylic acids is 1. The molecule has 0 saturated carbocycles. The zero-order chi connectivity index (χ0) is 17.1. The molecular formula is C17H19N5O2. The van der Waals surface area contributed by atoms with Gasteiger partial charge in [0.1, 0.15) is 12.1 Å². The molecule has 0 fully saturated rings. The van der Waals surface area contributed by atoms with E-state index in [1.807, 2.05) is 37.3 Å². The van der Waals surface area contributed by atoms with Crippen molar-refractivity contribution >= 4 is 17.1 Å². The van der Waals surface area contributed by atoms with E-state index in [-0.39, 0.29) is 18.1 Å². The lowest BCUT2D eigenvalue weighted by Gasteiger charge is -2.05. The maximum absolute atomic E-state index is 12.4. The molecule has 124 valence electrons. The van der Waals surface area contributed by atoms with Crippen LogP contribution in [0.2, 0.25) is 0 Å². The number of rotatable bonds is 5. The van der Waals surface area contributed by atoms with Gasteiger partial charge in [-0.05, 0) is 6.42 Å². The SMILES string of the molecule is CCCNC(=O)Cn1c(=O)n(C)c2cnc(-c3ccccc3)nc21. The van der Waals surface area contributed by atoms with Crippen LogP contribution in [0.15, 0.2) is 41.3 Å². The lowest BCUT2D eigenvalue weighted by molar-refractivity contribution is -0.121. The van der Waals surface area contributed by atoms with Gasteiger partial charge < -0.3 is 5.32 Å². The fourth-order valence-electron chi connectivity index (χ4n) is 2.51. The van der Waals surface area contributed by atoms with Crippen LogP contribution in [0.4, 0.5) is 0 Å². The number of carbonyl (C=O) groups is 1. The summed E-state index contributed by atoms with van der Waals surface area (Å²) in [5.74, 6) is 0.322. The van der Waals surface area contributed by atoms with E-state index in [1.54, 1.807) is 13.2 Å². The number of imidazole rings is 1. The van der Waals surface area contributed by atoms with Crippen LogP contribution in [-0.4, -0.2) is 31.6 Å². The number of aryl methyl sites for hydroxylation is 1. The Labute approximate surface area is 139 Å². The number of amides is 1. The zero-order valence-corrected chi connectivity index (χ0v) is 13.7. The Morgan fingerprint density at radius 2 is 2.00 bits per heavy atom. The van der Waals surface area contributed by atoms with Gasteiger partial charge in [0, 0.05) is 19.2 Å². The third kappa shape index (κ3) is 2.92. The van der Waals surface area contributed by atoms with Crippen molar-refractivity contribution in [2.75, 3.05) is 6.54 Å². The van der Waals surface area contributed by atoms with Gasteiger partial charge in [-0.3, -0.25) is 13.9 Å². The second-order valence-electron chi connectivity index (χ2n) is 5.55. The Morgan fingerprint density at radius 3 is 2.71 bits per heavy atom. The lowest BCUT2D eigenvalue weighted by Crippen LogP contribution is -2.33. The third-order valence-corrected chi connectivity index (χ3v) is 3.79. The molecule has 7 heteroatoms. The van der Waals surface area contributed by atoms with Gasteiger partial charge in [0.15, 0.2) is 11.5 Å². The molecule has 0 aliphatic carbocycles. The minimum Gasteiger partial charge on any atom is -0.355 e. The second-order valence-corrected chi connectivity index (χ2v) is 5.55. The predicted octanol–water partition coefficient (Wildman–Crippen LogP) is 1.32. The summed E-state index contributed by atoms with van der Waals surface area (Å²) in [5.41, 5.74) is 1.64. The van der Waals surface area contributed by atoms with Crippen molar-refractivity contribution in [1.82, 2.24) is 24.4 Å². The largest absolute Gasteiger partial charge is 0.355 e. The van der Waals surface area contributed by atoms with Gasteiger partial charge in [0.2, 0.25) is 5.91 Å². The standard InChI is InChI=1S/C17H19N5O2/c1-3-9-18-14(23)11-22-16-13(21(2)17(22)24)10-19-15(20-16)12-7-5-4-6-8-12/h4-8,10H,3,9,11H2,1-2H3,(H,18,23). The van der Waals surface area contributed by atoms with Crippen molar-refractivity contribution in [3.05, 3.63) is 47.0 Å². The van der Waals surface area contributed by atoms with Crippen molar-refractivity contribution in [3.8, 4) is 11.4 Å². The molecule has 3 rings (SSSR count). The molecule has 1 amide bonds. The minimum atomic E-state index is -0.281. The van der Waals surface area contributed by atoms with Crippen molar-refractivity contribution < 1.29 is 4.79 Å². The average Bonchev–Trinajstić information content (AvgIpc) is 2.85. The first-order valence-corrected chi connectivity index (χ1v) is 7.86. The van der Waals surface area contributed by atoms with Crippen LogP contribution in [0.25, 0.3) is 22.6 Å². The summed E-state index contributed by atoms with van der Waals surface area (Å²) < 4.78 is 2.84. The molecule has 2 heterocycles. The molecule has 24 heavy (non-hydrogen) atoms. The fourth-order valence-corrected chi connectivity index (χ4v) is 2.51. The first kappa shape index (κ1) is 15.9. The molecule has 0 aliphatic rings. The topological polar surface area (TPSA) is 81.8 Å². The molecule has 2 aromatic heterocycles. The molecule has 0 atom stereocenters. The molecule has 3 aromatic rings. The Morgan fingerprint density at radius 1 is 1.25 bits per heavy atom. The summed E-state index contributed by atoms with van der Waals surface area (Å²) >= 11 is 0. The molecule has 0 saturated heterocycles. The number of aromatic nitrogens is 4. The van der Waals surface area contributed by atoms with E-state index < -0.39 is 0 Å². The smallest absolute Gasteiger partial charge is 0.330 e. The molecule has 0 unspecified atom stereocenters. The first-order chi connectivity index (χ1) is 11.6. The number of hydrogen-bond donors (Lipinski definition) is 1. The summed E-state index contributed by atoms with van der Waals surface area (Å²) in [6.07, 6.45) is 2.46. The number of fused-ring (bicyclic) bond motifs is 1. The number of nitrogens with one attached hydrogen (secondary N) is 1. The fraction of sp³-hybridized carbons (Fsp3) is 0.294. The maximum atomic E-state index is 12.4. The van der Waals surface area contributed by atoms with Crippen LogP contribution >= 0.6 is 0 Å². The molecule has 0 bridgehead atoms. The van der Waals surface area contributed by atoms with Gasteiger partial charge in [-0.15, -0.1) is 0 Å². The summed E-state index contributed by atoms with van der Waals surface area (Å²) in [4.78, 5) is 33.3. The Hall–Kier alpha value is -2.96. The Balaban J connectivity index is 2.06. The highest BCUT2D eigenvalue weighted by molar-refractivity contribution is 5.79. The summed E-state index contributed by atoms with van der Waals surface area (Å²) in [7, 11) is 1.65. The normalized spacial score (nSPS) is 10.9. The molecule has 0 aliphatic heterocycles. The van der Waals surface area contributed by atoms with Crippen LogP contribution in [0.1, 0.15) is 13.3 Å². The molecule has 0 radical (unpaired) electrons. The lowest BCUT2D eigenvalue weighted by atomic mass is 10.2. The van der Waals surface area contributed by atoms with Gasteiger partial charge in [-0.2, -0.15) is 0 Å². The van der Waals surface area contributed by atoms with Crippen molar-refractivity contribution in [2.24, 2.45) is 7.05 Å². The Kier molecular flexibility index (Phi) is 4.41. The van der Waals surface area contributed by atoms with Crippen LogP contribution in [0.3, 0.4) is 0 Å². The Bertz CT molecular complexity index is 927. The van der Waals surface area contributed by atoms with Crippen LogP contribution in [0, 0.1) is 0 Å². The maximum Gasteiger partial charge on any atom is 0.330 e. The molecule has 1 aromatic carbocycles. The van der Waals surface area contributed by atoms with E-state index >= 15 is 0 Å². The van der Waals surface area contributed by atoms with Gasteiger partial charge >= 0.3 is 5.69 Å². The molecular weight excluding hydrogens is 306 g/mol. The van der Waals surface area contributed by atoms with Crippen molar-refractivity contribution in [1.29, 1.82) is 0 Å². The monoisotopic (exact) mass is 325 g/mol. The van der Waals surface area contributed by atoms with E-state index in [0.29, 0.717) is 23.5 Å². The predicted molar refractivity (Wildman–Crippen MR) is 91.5 cm³/mol. The number of hydrogen-bond acceptors (Lipinski definition) is 4. The van der Waals surface area contributed by atoms with Gasteiger partial charge in [0.25, 0.3) is 0 Å². The zero-order valence-electron chi connectivity index (χ0n) is 13.7. The molecule has 1 N–H and O–H groups in total. The number of benzene rings is 1. The van der Waals surface area contributed by atoms with Crippen LogP contribution in [0.5, 0.6) is 0 Å². The summed E-state index contributed by atoms with van der Waals surface area (Å²) in [5, 5.41) is 2.78. The van der Waals surface area contributed by atoms with E-state index in [9.17, 15) is 9.59 Å². The summed E-state index contributed by atoms with van der Waals surface area (Å²) in [6, 6.07) is 9.53. The van der Waals surface area contributed by atoms with Gasteiger partial charge in [-0.25, -0.2) is 14.8 Å². The quantitative estimate of drug-likeness (QED) is 0.767. The molecule has 7 nitrogen and oxygen atoms in total. The van der Waals surface area contributed by atoms with Gasteiger partial charge in [-0.1, -0.05) is 37.3 Å². The van der Waals surface area contributed by atoms with E-state index in [1.165, 1.54) is 9.13 Å². The van der Waals surface area contributed by atoms with Crippen LogP contribution < -0.4 is 11.0 Å². The van der Waals surface area contributed by atoms with E-state index in [0.717, 1.165) is 12.0 Å². The third-order valence-electron chi connectivity index (χ3n) is 3.79. The summed E-state index contributed by atoms with van der Waals surface area (Å²) in [6.45, 7) is 2.51. The molecule has 0 spiro atoms. The van der Waals surface area contributed by atoms with Crippen molar-refractivity contribution in [3.63, 3.8) is 0 Å². The highest BCUT2D eigenvalue weighted by atomic mass is 16.2. The van der Waals surface area contributed by atoms with E-state index in [2.05, 4.69) is 15.3 Å². The minimum absolute atomic E-state index is 0.0542. The highest BCUT2D eigenvalue weighted by Crippen LogP contribution is 2.17. The van der Waals surface area contributed by atoms with Crippen LogP contribution in [-0.2, 0) is 18.4 Å². The van der Waals surface area contributed by atoms with Gasteiger partial charge in [0.05, 0.1) is 6.20 Å². The van der Waals surface area contributed by atoms with Crippen molar-refractivity contribution in [2.45, 2.75) is 19.9 Å². The average molecular weight is 325 g/mol. The number of nitrogens with zero attached hydrogens (tertiary/aromatic N) is 4. The van der Waals surface area contributed by atoms with E-state index in [4.69, 9.17) is 0 Å². The first-order valence-electron chi connectivity index (χ1n) is 7.86. The second kappa shape index (κ2) is 6.66. The highest BCUT2D eigenvalue weighted by Gasteiger charge is 2.16.